The van der Waals surface area contributed by atoms with E-state index in [2.05, 4.69) is 37.4 Å². The van der Waals surface area contributed by atoms with Gasteiger partial charge in [-0.05, 0) is 43.6 Å². The second kappa shape index (κ2) is 9.00. The minimum atomic E-state index is -0.625. The minimum absolute atomic E-state index is 0. The third-order valence-corrected chi connectivity index (χ3v) is 6.48. The highest BCUT2D eigenvalue weighted by atomic mass is 127. The van der Waals surface area contributed by atoms with Gasteiger partial charge in [0.2, 0.25) is 0 Å². The molecule has 2 aliphatic rings. The second-order valence-electron chi connectivity index (χ2n) is 8.23. The SMILES string of the molecule is C[N+]1(CC[C@](O)(c2ccccc2)C2CCCCC2)CCCCC1.[I-]. The molecule has 1 aliphatic carbocycles. The Morgan fingerprint density at radius 1 is 0.958 bits per heavy atom. The summed E-state index contributed by atoms with van der Waals surface area (Å²) in [5.74, 6) is 0.440. The predicted octanol–water partition coefficient (Wildman–Crippen LogP) is 1.48. The molecule has 1 heterocycles. The van der Waals surface area contributed by atoms with Gasteiger partial charge in [-0.1, -0.05) is 49.6 Å². The molecule has 1 aromatic rings. The standard InChI is InChI=1S/C21H34NO.HI/c1-22(16-9-4-10-17-22)18-15-21(23,19-11-5-2-6-12-19)20-13-7-3-8-14-20;/h2,5-6,11-12,20,23H,3-4,7-10,13-18H2,1H3;1H/q+1;/p-1/t21-;/m0./s1. The Kier molecular flexibility index (Phi) is 7.57. The van der Waals surface area contributed by atoms with Crippen molar-refractivity contribution in [2.75, 3.05) is 26.7 Å². The number of halogens is 1. The maximum absolute atomic E-state index is 11.7. The van der Waals surface area contributed by atoms with E-state index in [0.29, 0.717) is 5.92 Å². The summed E-state index contributed by atoms with van der Waals surface area (Å²) in [6.07, 6.45) is 11.3. The maximum Gasteiger partial charge on any atom is 0.0978 e. The van der Waals surface area contributed by atoms with E-state index in [-0.39, 0.29) is 24.0 Å². The Morgan fingerprint density at radius 2 is 1.54 bits per heavy atom. The number of likely N-dealkylation sites (tertiary alicyclic amines) is 1. The molecule has 0 amide bonds. The van der Waals surface area contributed by atoms with E-state index in [4.69, 9.17) is 0 Å². The summed E-state index contributed by atoms with van der Waals surface area (Å²) in [7, 11) is 2.39. The molecule has 136 valence electrons. The van der Waals surface area contributed by atoms with Crippen molar-refractivity contribution in [3.8, 4) is 0 Å². The Morgan fingerprint density at radius 3 is 2.17 bits per heavy atom. The van der Waals surface area contributed by atoms with Crippen LogP contribution in [0.4, 0.5) is 0 Å². The topological polar surface area (TPSA) is 20.2 Å². The number of piperidine rings is 1. The Hall–Kier alpha value is -0.130. The van der Waals surface area contributed by atoms with Crippen LogP contribution in [0, 0.1) is 5.92 Å². The van der Waals surface area contributed by atoms with E-state index in [1.54, 1.807) is 0 Å². The first kappa shape index (κ1) is 20.2. The highest BCUT2D eigenvalue weighted by Crippen LogP contribution is 2.42. The molecule has 1 saturated carbocycles. The van der Waals surface area contributed by atoms with E-state index in [0.717, 1.165) is 23.0 Å². The van der Waals surface area contributed by atoms with Gasteiger partial charge < -0.3 is 33.6 Å². The summed E-state index contributed by atoms with van der Waals surface area (Å²) in [5.41, 5.74) is 0.524. The fourth-order valence-electron chi connectivity index (χ4n) is 4.83. The number of benzene rings is 1. The average Bonchev–Trinajstić information content (AvgIpc) is 2.62. The normalized spacial score (nSPS) is 23.9. The van der Waals surface area contributed by atoms with E-state index in [1.807, 2.05) is 0 Å². The first-order chi connectivity index (χ1) is 11.1. The molecule has 0 aromatic heterocycles. The summed E-state index contributed by atoms with van der Waals surface area (Å²) in [5, 5.41) is 11.7. The van der Waals surface area contributed by atoms with Crippen LogP contribution in [0.15, 0.2) is 30.3 Å². The number of nitrogens with zero attached hydrogens (tertiary/aromatic N) is 1. The third-order valence-electron chi connectivity index (χ3n) is 6.48. The maximum atomic E-state index is 11.7. The lowest BCUT2D eigenvalue weighted by atomic mass is 9.71. The fraction of sp³-hybridized carbons (Fsp3) is 0.714. The van der Waals surface area contributed by atoms with Crippen molar-refractivity contribution in [2.24, 2.45) is 5.92 Å². The van der Waals surface area contributed by atoms with Crippen molar-refractivity contribution in [2.45, 2.75) is 63.4 Å². The van der Waals surface area contributed by atoms with Gasteiger partial charge >= 0.3 is 0 Å². The van der Waals surface area contributed by atoms with Gasteiger partial charge in [-0.2, -0.15) is 0 Å². The van der Waals surface area contributed by atoms with Gasteiger partial charge in [-0.3, -0.25) is 0 Å². The van der Waals surface area contributed by atoms with E-state index in [1.165, 1.54) is 64.5 Å². The molecule has 24 heavy (non-hydrogen) atoms. The van der Waals surface area contributed by atoms with Gasteiger partial charge in [0.1, 0.15) is 0 Å². The Bertz CT molecular complexity index is 480. The average molecular weight is 443 g/mol. The van der Waals surface area contributed by atoms with Crippen molar-refractivity contribution in [3.05, 3.63) is 35.9 Å². The number of hydrogen-bond donors (Lipinski definition) is 1. The van der Waals surface area contributed by atoms with Gasteiger partial charge in [0.15, 0.2) is 0 Å². The molecule has 1 N–H and O–H groups in total. The number of aliphatic hydroxyl groups is 1. The summed E-state index contributed by atoms with van der Waals surface area (Å²) in [6.45, 7) is 3.69. The van der Waals surface area contributed by atoms with Crippen molar-refractivity contribution in [1.29, 1.82) is 0 Å². The van der Waals surface area contributed by atoms with Crippen LogP contribution in [-0.2, 0) is 5.60 Å². The quantitative estimate of drug-likeness (QED) is 0.540. The summed E-state index contributed by atoms with van der Waals surface area (Å²) in [6, 6.07) is 10.5. The Balaban J connectivity index is 0.00000208. The molecule has 1 saturated heterocycles. The molecule has 3 rings (SSSR count). The molecule has 0 spiro atoms. The lowest BCUT2D eigenvalue weighted by Crippen LogP contribution is -3.00. The molecule has 0 unspecified atom stereocenters. The summed E-state index contributed by atoms with van der Waals surface area (Å²) in [4.78, 5) is 0. The highest BCUT2D eigenvalue weighted by Gasteiger charge is 2.41. The molecule has 0 bridgehead atoms. The van der Waals surface area contributed by atoms with Gasteiger partial charge in [0, 0.05) is 6.42 Å². The molecule has 1 aliphatic heterocycles. The van der Waals surface area contributed by atoms with Gasteiger partial charge in [-0.15, -0.1) is 0 Å². The predicted molar refractivity (Wildman–Crippen MR) is 96.2 cm³/mol. The third kappa shape index (κ3) is 4.73. The van der Waals surface area contributed by atoms with E-state index < -0.39 is 5.60 Å². The smallest absolute Gasteiger partial charge is 0.0978 e. The number of quaternary nitrogens is 1. The van der Waals surface area contributed by atoms with Crippen LogP contribution in [0.2, 0.25) is 0 Å². The molecule has 3 heteroatoms. The first-order valence-electron chi connectivity index (χ1n) is 9.74. The monoisotopic (exact) mass is 443 g/mol. The van der Waals surface area contributed by atoms with Crippen LogP contribution in [0.3, 0.4) is 0 Å². The summed E-state index contributed by atoms with van der Waals surface area (Å²) < 4.78 is 1.15. The number of rotatable bonds is 5. The molecule has 2 nitrogen and oxygen atoms in total. The van der Waals surface area contributed by atoms with Crippen molar-refractivity contribution in [1.82, 2.24) is 0 Å². The van der Waals surface area contributed by atoms with E-state index in [9.17, 15) is 5.11 Å². The summed E-state index contributed by atoms with van der Waals surface area (Å²) >= 11 is 0. The van der Waals surface area contributed by atoms with Crippen molar-refractivity contribution < 1.29 is 33.6 Å². The van der Waals surface area contributed by atoms with E-state index >= 15 is 0 Å². The molecular weight excluding hydrogens is 409 g/mol. The zero-order chi connectivity index (χ0) is 16.2. The largest absolute Gasteiger partial charge is 1.00 e. The van der Waals surface area contributed by atoms with Gasteiger partial charge in [0.25, 0.3) is 0 Å². The molecule has 1 aromatic carbocycles. The fourth-order valence-corrected chi connectivity index (χ4v) is 4.83. The molecular formula is C21H34INO. The molecule has 0 radical (unpaired) electrons. The first-order valence-corrected chi connectivity index (χ1v) is 9.74. The molecule has 2 fully saturated rings. The zero-order valence-corrected chi connectivity index (χ0v) is 17.4. The van der Waals surface area contributed by atoms with Crippen LogP contribution >= 0.6 is 0 Å². The zero-order valence-electron chi connectivity index (χ0n) is 15.2. The minimum Gasteiger partial charge on any atom is -1.00 e. The Labute approximate surface area is 165 Å². The number of hydrogen-bond acceptors (Lipinski definition) is 1. The van der Waals surface area contributed by atoms with Crippen LogP contribution in [0.1, 0.15) is 63.4 Å². The van der Waals surface area contributed by atoms with Crippen LogP contribution < -0.4 is 24.0 Å². The molecule has 1 atom stereocenters. The lowest BCUT2D eigenvalue weighted by molar-refractivity contribution is -0.915. The highest BCUT2D eigenvalue weighted by molar-refractivity contribution is 5.23. The van der Waals surface area contributed by atoms with Gasteiger partial charge in [0.05, 0.1) is 32.3 Å². The van der Waals surface area contributed by atoms with Crippen LogP contribution in [-0.4, -0.2) is 36.3 Å². The second-order valence-corrected chi connectivity index (χ2v) is 8.23. The van der Waals surface area contributed by atoms with Crippen LogP contribution in [0.25, 0.3) is 0 Å². The van der Waals surface area contributed by atoms with Gasteiger partial charge in [-0.25, -0.2) is 0 Å². The van der Waals surface area contributed by atoms with Crippen molar-refractivity contribution >= 4 is 0 Å². The van der Waals surface area contributed by atoms with Crippen LogP contribution in [0.5, 0.6) is 0 Å². The van der Waals surface area contributed by atoms with Crippen molar-refractivity contribution in [3.63, 3.8) is 0 Å². The lowest BCUT2D eigenvalue weighted by Gasteiger charge is -2.43.